The first-order valence-electron chi connectivity index (χ1n) is 17.2. The Morgan fingerprint density at radius 3 is 2.30 bits per heavy atom. The molecule has 1 saturated heterocycles. The van der Waals surface area contributed by atoms with Crippen LogP contribution in [0.3, 0.4) is 0 Å². The van der Waals surface area contributed by atoms with Crippen molar-refractivity contribution in [3.63, 3.8) is 0 Å². The van der Waals surface area contributed by atoms with Crippen molar-refractivity contribution in [3.8, 4) is 0 Å². The van der Waals surface area contributed by atoms with Gasteiger partial charge in [0.15, 0.2) is 0 Å². The van der Waals surface area contributed by atoms with Crippen molar-refractivity contribution >= 4 is 18.9 Å². The second-order valence-electron chi connectivity index (χ2n) is 15.1. The van der Waals surface area contributed by atoms with Crippen molar-refractivity contribution < 1.29 is 18.9 Å². The van der Waals surface area contributed by atoms with E-state index in [-0.39, 0.29) is 34.9 Å². The number of carbonyl (C=O) groups excluding carboxylic acids is 2. The fourth-order valence-electron chi connectivity index (χ4n) is 8.82. The number of nitrogens with one attached hydrogen (secondary N) is 2. The molecule has 2 N–H and O–H groups in total. The number of benzene rings is 3. The summed E-state index contributed by atoms with van der Waals surface area (Å²) in [6.07, 6.45) is 5.49. The van der Waals surface area contributed by atoms with E-state index in [1.165, 1.54) is 23.1 Å². The minimum absolute atomic E-state index is 0.0145. The van der Waals surface area contributed by atoms with Crippen molar-refractivity contribution in [2.75, 3.05) is 0 Å². The monoisotopic (exact) mass is 618 g/mol. The predicted molar refractivity (Wildman–Crippen MR) is 181 cm³/mol. The number of fused-ring (bicyclic) bond motifs is 1. The van der Waals surface area contributed by atoms with E-state index in [2.05, 4.69) is 80.8 Å². The molecule has 6 nitrogen and oxygen atoms in total. The predicted octanol–water partition coefficient (Wildman–Crippen LogP) is 5.82. The van der Waals surface area contributed by atoms with Crippen molar-refractivity contribution in [1.82, 2.24) is 10.6 Å². The van der Waals surface area contributed by atoms with Gasteiger partial charge in [0.2, 0.25) is 11.8 Å². The molecular weight excluding hydrogens is 571 g/mol. The Morgan fingerprint density at radius 2 is 1.57 bits per heavy atom. The molecule has 2 bridgehead atoms. The summed E-state index contributed by atoms with van der Waals surface area (Å²) >= 11 is 0. The minimum Gasteiger partial charge on any atom is -0.404 e. The van der Waals surface area contributed by atoms with E-state index in [1.54, 1.807) is 0 Å². The summed E-state index contributed by atoms with van der Waals surface area (Å²) in [6.45, 7) is 9.01. The van der Waals surface area contributed by atoms with Gasteiger partial charge in [-0.2, -0.15) is 0 Å². The van der Waals surface area contributed by atoms with Gasteiger partial charge < -0.3 is 19.9 Å². The quantitative estimate of drug-likeness (QED) is 0.297. The van der Waals surface area contributed by atoms with E-state index < -0.39 is 19.1 Å². The van der Waals surface area contributed by atoms with Crippen LogP contribution in [-0.2, 0) is 44.6 Å². The first-order valence-corrected chi connectivity index (χ1v) is 17.2. The number of aryl methyl sites for hydroxylation is 2. The SMILES string of the molecule is Cc1ccc(C[C@H](NC(=O)[C@H](Cc2ccccc2)NC(=O)C2CCc3ccccc3C2)B2O[C@@H]3C[C@@H]4C[C@@H](C4(C)C)[C@]3(C)O2)cc1. The van der Waals surface area contributed by atoms with E-state index in [0.717, 1.165) is 30.4 Å². The third-order valence-corrected chi connectivity index (χ3v) is 11.8. The molecule has 1 unspecified atom stereocenters. The van der Waals surface area contributed by atoms with Gasteiger partial charge in [0.1, 0.15) is 6.04 Å². The van der Waals surface area contributed by atoms with Gasteiger partial charge in [0, 0.05) is 12.3 Å². The molecule has 4 aliphatic carbocycles. The summed E-state index contributed by atoms with van der Waals surface area (Å²) < 4.78 is 13.6. The molecular formula is C39H47BN2O4. The fraction of sp³-hybridized carbons (Fsp3) is 0.487. The maximum absolute atomic E-state index is 14.3. The maximum atomic E-state index is 14.3. The van der Waals surface area contributed by atoms with Crippen LogP contribution < -0.4 is 10.6 Å². The number of rotatable bonds is 9. The van der Waals surface area contributed by atoms with Crippen LogP contribution >= 0.6 is 0 Å². The Balaban J connectivity index is 1.12. The second kappa shape index (κ2) is 12.3. The Hall–Kier alpha value is -3.42. The molecule has 5 aliphatic rings. The third-order valence-electron chi connectivity index (χ3n) is 11.8. The Morgan fingerprint density at radius 1 is 0.870 bits per heavy atom. The summed E-state index contributed by atoms with van der Waals surface area (Å²) in [4.78, 5) is 28.1. The van der Waals surface area contributed by atoms with Crippen LogP contribution in [0.15, 0.2) is 78.9 Å². The molecule has 0 radical (unpaired) electrons. The average molecular weight is 619 g/mol. The topological polar surface area (TPSA) is 76.7 Å². The van der Waals surface area contributed by atoms with Crippen molar-refractivity contribution in [3.05, 3.63) is 107 Å². The lowest BCUT2D eigenvalue weighted by atomic mass is 9.43. The lowest BCUT2D eigenvalue weighted by Crippen LogP contribution is -2.65. The van der Waals surface area contributed by atoms with Gasteiger partial charge in [-0.1, -0.05) is 98.3 Å². The van der Waals surface area contributed by atoms with Crippen LogP contribution in [0.4, 0.5) is 0 Å². The highest BCUT2D eigenvalue weighted by atomic mass is 16.7. The summed E-state index contributed by atoms with van der Waals surface area (Å²) in [6, 6.07) is 26.0. The van der Waals surface area contributed by atoms with Crippen LogP contribution in [0.1, 0.15) is 67.9 Å². The molecule has 7 atom stereocenters. The number of amides is 2. The molecule has 3 saturated carbocycles. The summed E-state index contributed by atoms with van der Waals surface area (Å²) in [7, 11) is -0.571. The largest absolute Gasteiger partial charge is 0.482 e. The summed E-state index contributed by atoms with van der Waals surface area (Å²) in [5, 5.41) is 6.52. The van der Waals surface area contributed by atoms with Crippen LogP contribution in [0.25, 0.3) is 0 Å². The molecule has 3 aromatic rings. The number of hydrogen-bond acceptors (Lipinski definition) is 4. The summed E-state index contributed by atoms with van der Waals surface area (Å²) in [5.41, 5.74) is 5.68. The van der Waals surface area contributed by atoms with E-state index in [0.29, 0.717) is 31.1 Å². The molecule has 0 aromatic heterocycles. The van der Waals surface area contributed by atoms with E-state index in [1.807, 2.05) is 36.4 Å². The van der Waals surface area contributed by atoms with Gasteiger partial charge in [-0.15, -0.1) is 0 Å². The van der Waals surface area contributed by atoms with Gasteiger partial charge >= 0.3 is 7.12 Å². The molecule has 1 heterocycles. The van der Waals surface area contributed by atoms with Crippen LogP contribution in [-0.4, -0.2) is 42.6 Å². The molecule has 8 rings (SSSR count). The molecule has 3 aromatic carbocycles. The third kappa shape index (κ3) is 5.93. The highest BCUT2D eigenvalue weighted by Crippen LogP contribution is 2.65. The highest BCUT2D eigenvalue weighted by Gasteiger charge is 2.68. The van der Waals surface area contributed by atoms with Crippen molar-refractivity contribution in [2.24, 2.45) is 23.2 Å². The maximum Gasteiger partial charge on any atom is 0.482 e. The van der Waals surface area contributed by atoms with Crippen molar-refractivity contribution in [2.45, 2.75) is 96.3 Å². The van der Waals surface area contributed by atoms with Crippen LogP contribution in [0.5, 0.6) is 0 Å². The highest BCUT2D eigenvalue weighted by molar-refractivity contribution is 6.48. The Kier molecular flexibility index (Phi) is 8.35. The molecule has 46 heavy (non-hydrogen) atoms. The van der Waals surface area contributed by atoms with E-state index >= 15 is 0 Å². The average Bonchev–Trinajstić information content (AvgIpc) is 3.42. The molecule has 240 valence electrons. The fourth-order valence-corrected chi connectivity index (χ4v) is 8.82. The molecule has 0 spiro atoms. The number of carbonyl (C=O) groups is 2. The smallest absolute Gasteiger partial charge is 0.404 e. The van der Waals surface area contributed by atoms with E-state index in [9.17, 15) is 9.59 Å². The zero-order valence-corrected chi connectivity index (χ0v) is 27.6. The van der Waals surface area contributed by atoms with Crippen molar-refractivity contribution in [1.29, 1.82) is 0 Å². The molecule has 7 heteroatoms. The molecule has 2 amide bonds. The number of hydrogen-bond donors (Lipinski definition) is 2. The zero-order valence-electron chi connectivity index (χ0n) is 27.6. The van der Waals surface area contributed by atoms with Gasteiger partial charge in [-0.05, 0) is 91.9 Å². The Bertz CT molecular complexity index is 1580. The minimum atomic E-state index is -0.724. The first kappa shape index (κ1) is 31.2. The standard InChI is InChI=1S/C39H47BN2O4/c1-25-14-16-27(17-15-25)21-35(40-45-34-24-31-23-33(38(31,2)3)39(34,4)46-40)42-37(44)32(20-26-10-6-5-7-11-26)41-36(43)30-19-18-28-12-8-9-13-29(28)22-30/h5-17,30-35H,18-24H2,1-4H3,(H,41,43)(H,42,44)/t30?,31-,32-,33-,34+,35-,39-/m0/s1. The lowest BCUT2D eigenvalue weighted by molar-refractivity contribution is -0.199. The van der Waals surface area contributed by atoms with E-state index in [4.69, 9.17) is 9.31 Å². The summed E-state index contributed by atoms with van der Waals surface area (Å²) in [5.74, 6) is 0.228. The zero-order chi connectivity index (χ0) is 32.1. The van der Waals surface area contributed by atoms with Crippen LogP contribution in [0, 0.1) is 30.1 Å². The van der Waals surface area contributed by atoms with Gasteiger partial charge in [0.05, 0.1) is 17.6 Å². The van der Waals surface area contributed by atoms with Crippen LogP contribution in [0.2, 0.25) is 0 Å². The molecule has 4 fully saturated rings. The first-order chi connectivity index (χ1) is 22.1. The normalized spacial score (nSPS) is 28.7. The lowest BCUT2D eigenvalue weighted by Gasteiger charge is -2.64. The second-order valence-corrected chi connectivity index (χ2v) is 15.1. The van der Waals surface area contributed by atoms with Gasteiger partial charge in [-0.3, -0.25) is 9.59 Å². The molecule has 1 aliphatic heterocycles. The van der Waals surface area contributed by atoms with Gasteiger partial charge in [0.25, 0.3) is 0 Å². The Labute approximate surface area is 274 Å². The van der Waals surface area contributed by atoms with Gasteiger partial charge in [-0.25, -0.2) is 0 Å².